The van der Waals surface area contributed by atoms with Crippen molar-refractivity contribution in [3.8, 4) is 5.69 Å². The highest BCUT2D eigenvalue weighted by molar-refractivity contribution is 5.87. The minimum atomic E-state index is -0.320. The lowest BCUT2D eigenvalue weighted by Crippen LogP contribution is -1.99. The van der Waals surface area contributed by atoms with Gasteiger partial charge in [-0.05, 0) is 36.8 Å². The van der Waals surface area contributed by atoms with E-state index in [1.54, 1.807) is 13.0 Å². The monoisotopic (exact) mass is 241 g/mol. The van der Waals surface area contributed by atoms with E-state index >= 15 is 0 Å². The van der Waals surface area contributed by atoms with Gasteiger partial charge in [-0.25, -0.2) is 4.79 Å². The number of ether oxygens (including phenoxy) is 1. The number of hydrogen-bond acceptors (Lipinski definition) is 2. The van der Waals surface area contributed by atoms with Crippen LogP contribution in [0.4, 0.5) is 0 Å². The molecule has 0 fully saturated rings. The van der Waals surface area contributed by atoms with Gasteiger partial charge in [-0.1, -0.05) is 18.2 Å². The van der Waals surface area contributed by atoms with Gasteiger partial charge in [-0.2, -0.15) is 0 Å². The van der Waals surface area contributed by atoms with Gasteiger partial charge in [-0.15, -0.1) is 0 Å². The van der Waals surface area contributed by atoms with Crippen LogP contribution in [0.15, 0.2) is 54.9 Å². The topological polar surface area (TPSA) is 31.2 Å². The molecule has 0 N–H and O–H groups in total. The first-order chi connectivity index (χ1) is 8.81. The van der Waals surface area contributed by atoms with Crippen molar-refractivity contribution in [1.82, 2.24) is 4.57 Å². The molecule has 1 aromatic heterocycles. The third-order valence-corrected chi connectivity index (χ3v) is 2.50. The highest BCUT2D eigenvalue weighted by atomic mass is 16.5. The molecule has 0 aliphatic heterocycles. The number of hydrogen-bond donors (Lipinski definition) is 0. The number of carbonyl (C=O) groups excluding carboxylic acids is 1. The molecule has 92 valence electrons. The van der Waals surface area contributed by atoms with Gasteiger partial charge >= 0.3 is 5.97 Å². The Labute approximate surface area is 106 Å². The summed E-state index contributed by atoms with van der Waals surface area (Å²) in [6.07, 6.45) is 7.16. The first-order valence-electron chi connectivity index (χ1n) is 5.88. The molecule has 1 heterocycles. The number of nitrogens with zero attached hydrogens (tertiary/aromatic N) is 1. The Bertz CT molecular complexity index is 541. The third kappa shape index (κ3) is 2.88. The summed E-state index contributed by atoms with van der Waals surface area (Å²) in [6, 6.07) is 11.8. The van der Waals surface area contributed by atoms with E-state index in [0.29, 0.717) is 6.61 Å². The highest BCUT2D eigenvalue weighted by Gasteiger charge is 2.01. The summed E-state index contributed by atoms with van der Waals surface area (Å²) in [5, 5.41) is 0. The van der Waals surface area contributed by atoms with E-state index in [9.17, 15) is 4.79 Å². The fourth-order valence-corrected chi connectivity index (χ4v) is 1.71. The van der Waals surface area contributed by atoms with E-state index in [4.69, 9.17) is 4.74 Å². The number of aromatic nitrogens is 1. The largest absolute Gasteiger partial charge is 0.463 e. The molecule has 2 aromatic rings. The number of rotatable bonds is 4. The van der Waals surface area contributed by atoms with Crippen LogP contribution in [0.25, 0.3) is 11.8 Å². The molecule has 0 amide bonds. The molecule has 18 heavy (non-hydrogen) atoms. The van der Waals surface area contributed by atoms with Gasteiger partial charge in [0.15, 0.2) is 0 Å². The van der Waals surface area contributed by atoms with Crippen LogP contribution in [0.2, 0.25) is 0 Å². The van der Waals surface area contributed by atoms with E-state index in [1.807, 2.05) is 53.4 Å². The van der Waals surface area contributed by atoms with Gasteiger partial charge in [0.25, 0.3) is 0 Å². The summed E-state index contributed by atoms with van der Waals surface area (Å²) < 4.78 is 6.87. The van der Waals surface area contributed by atoms with E-state index < -0.39 is 0 Å². The second-order valence-electron chi connectivity index (χ2n) is 3.73. The zero-order chi connectivity index (χ0) is 12.8. The molecule has 0 spiro atoms. The predicted molar refractivity (Wildman–Crippen MR) is 71.4 cm³/mol. The predicted octanol–water partition coefficient (Wildman–Crippen LogP) is 3.05. The van der Waals surface area contributed by atoms with Crippen LogP contribution in [0.3, 0.4) is 0 Å². The summed E-state index contributed by atoms with van der Waals surface area (Å²) in [5.41, 5.74) is 2.00. The lowest BCUT2D eigenvalue weighted by Gasteiger charge is -2.06. The fraction of sp³-hybridized carbons (Fsp3) is 0.133. The van der Waals surface area contributed by atoms with Gasteiger partial charge in [0, 0.05) is 18.5 Å². The zero-order valence-corrected chi connectivity index (χ0v) is 10.2. The standard InChI is InChI=1S/C15H15NO2/c1-2-18-15(17)10-9-13-7-3-4-8-14(13)16-11-5-6-12-16/h3-12H,2H2,1H3/b10-9+. The van der Waals surface area contributed by atoms with Crippen LogP contribution in [0.1, 0.15) is 12.5 Å². The van der Waals surface area contributed by atoms with Crippen molar-refractivity contribution in [2.75, 3.05) is 6.61 Å². The van der Waals surface area contributed by atoms with Crippen LogP contribution >= 0.6 is 0 Å². The van der Waals surface area contributed by atoms with Crippen LogP contribution in [0, 0.1) is 0 Å². The molecule has 0 radical (unpaired) electrons. The van der Waals surface area contributed by atoms with Gasteiger partial charge < -0.3 is 9.30 Å². The summed E-state index contributed by atoms with van der Waals surface area (Å²) in [6.45, 7) is 2.18. The van der Waals surface area contributed by atoms with Crippen molar-refractivity contribution in [2.45, 2.75) is 6.92 Å². The Morgan fingerprint density at radius 3 is 2.67 bits per heavy atom. The van der Waals surface area contributed by atoms with E-state index in [2.05, 4.69) is 0 Å². The smallest absolute Gasteiger partial charge is 0.330 e. The molecule has 0 aliphatic carbocycles. The first-order valence-corrected chi connectivity index (χ1v) is 5.88. The van der Waals surface area contributed by atoms with Gasteiger partial charge in [0.2, 0.25) is 0 Å². The van der Waals surface area contributed by atoms with Gasteiger partial charge in [-0.3, -0.25) is 0 Å². The van der Waals surface area contributed by atoms with Crippen LogP contribution in [-0.2, 0) is 9.53 Å². The van der Waals surface area contributed by atoms with Gasteiger partial charge in [0.05, 0.1) is 12.3 Å². The van der Waals surface area contributed by atoms with E-state index in [-0.39, 0.29) is 5.97 Å². The fourth-order valence-electron chi connectivity index (χ4n) is 1.71. The normalized spacial score (nSPS) is 10.7. The summed E-state index contributed by atoms with van der Waals surface area (Å²) in [7, 11) is 0. The van der Waals surface area contributed by atoms with Crippen molar-refractivity contribution in [3.05, 3.63) is 60.4 Å². The molecular weight excluding hydrogens is 226 g/mol. The minimum Gasteiger partial charge on any atom is -0.463 e. The van der Waals surface area contributed by atoms with E-state index in [0.717, 1.165) is 11.3 Å². The second-order valence-corrected chi connectivity index (χ2v) is 3.73. The average Bonchev–Trinajstić information content (AvgIpc) is 2.91. The Hall–Kier alpha value is -2.29. The molecule has 2 rings (SSSR count). The third-order valence-electron chi connectivity index (χ3n) is 2.50. The average molecular weight is 241 g/mol. The first kappa shape index (κ1) is 12.2. The van der Waals surface area contributed by atoms with Crippen molar-refractivity contribution in [2.24, 2.45) is 0 Å². The molecule has 0 unspecified atom stereocenters. The maximum Gasteiger partial charge on any atom is 0.330 e. The molecule has 0 saturated carbocycles. The van der Waals surface area contributed by atoms with Crippen LogP contribution in [0.5, 0.6) is 0 Å². The number of para-hydroxylation sites is 1. The summed E-state index contributed by atoms with van der Waals surface area (Å²) in [4.78, 5) is 11.3. The molecular formula is C15H15NO2. The Morgan fingerprint density at radius 1 is 1.22 bits per heavy atom. The Balaban J connectivity index is 2.26. The van der Waals surface area contributed by atoms with Crippen molar-refractivity contribution < 1.29 is 9.53 Å². The Kier molecular flexibility index (Phi) is 3.97. The molecule has 0 aliphatic rings. The lowest BCUT2D eigenvalue weighted by molar-refractivity contribution is -0.137. The van der Waals surface area contributed by atoms with Crippen molar-refractivity contribution in [1.29, 1.82) is 0 Å². The maximum atomic E-state index is 11.3. The molecule has 1 aromatic carbocycles. The quantitative estimate of drug-likeness (QED) is 0.608. The molecule has 3 nitrogen and oxygen atoms in total. The van der Waals surface area contributed by atoms with Crippen LogP contribution < -0.4 is 0 Å². The SMILES string of the molecule is CCOC(=O)/C=C/c1ccccc1-n1cccc1. The van der Waals surface area contributed by atoms with E-state index in [1.165, 1.54) is 6.08 Å². The number of carbonyl (C=O) groups is 1. The van der Waals surface area contributed by atoms with Crippen molar-refractivity contribution in [3.63, 3.8) is 0 Å². The second kappa shape index (κ2) is 5.87. The highest BCUT2D eigenvalue weighted by Crippen LogP contribution is 2.16. The zero-order valence-electron chi connectivity index (χ0n) is 10.2. The maximum absolute atomic E-state index is 11.3. The lowest BCUT2D eigenvalue weighted by atomic mass is 10.1. The number of esters is 1. The minimum absolute atomic E-state index is 0.320. The van der Waals surface area contributed by atoms with Crippen LogP contribution in [-0.4, -0.2) is 17.1 Å². The molecule has 0 saturated heterocycles. The molecule has 0 atom stereocenters. The summed E-state index contributed by atoms with van der Waals surface area (Å²) >= 11 is 0. The number of benzene rings is 1. The summed E-state index contributed by atoms with van der Waals surface area (Å²) in [5.74, 6) is -0.320. The van der Waals surface area contributed by atoms with Gasteiger partial charge in [0.1, 0.15) is 0 Å². The molecule has 3 heteroatoms. The van der Waals surface area contributed by atoms with Crippen molar-refractivity contribution >= 4 is 12.0 Å². The Morgan fingerprint density at radius 2 is 1.94 bits per heavy atom. The molecule has 0 bridgehead atoms.